The summed E-state index contributed by atoms with van der Waals surface area (Å²) in [5, 5.41) is 12.9. The van der Waals surface area contributed by atoms with Gasteiger partial charge < -0.3 is 0 Å². The van der Waals surface area contributed by atoms with Crippen LogP contribution in [0.3, 0.4) is 0 Å². The molecule has 0 aliphatic heterocycles. The van der Waals surface area contributed by atoms with Gasteiger partial charge in [0.1, 0.15) is 0 Å². The van der Waals surface area contributed by atoms with Crippen molar-refractivity contribution in [1.29, 1.82) is 0 Å². The average molecular weight is 236 g/mol. The minimum absolute atomic E-state index is 0.0331. The van der Waals surface area contributed by atoms with E-state index in [4.69, 9.17) is 0 Å². The molecule has 0 fully saturated rings. The van der Waals surface area contributed by atoms with E-state index in [1.807, 2.05) is 12.1 Å². The van der Waals surface area contributed by atoms with Crippen LogP contribution in [0.25, 0.3) is 10.8 Å². The maximum absolute atomic E-state index is 10.5. The quantitative estimate of drug-likeness (QED) is 0.705. The van der Waals surface area contributed by atoms with Gasteiger partial charge in [0.05, 0.1) is 0 Å². The molecule has 2 heteroatoms. The van der Waals surface area contributed by atoms with Gasteiger partial charge in [-0.25, -0.2) is 0 Å². The number of benzene rings is 2. The molecule has 65 valence electrons. The molecular formula is C11H9OSe. The van der Waals surface area contributed by atoms with E-state index in [0.717, 1.165) is 0 Å². The first-order valence-electron chi connectivity index (χ1n) is 4.10. The molecule has 1 nitrogen and oxygen atoms in total. The van der Waals surface area contributed by atoms with Crippen LogP contribution in [0.4, 0.5) is 0 Å². The molecule has 0 aromatic heterocycles. The Bertz CT molecular complexity index is 412. The van der Waals surface area contributed by atoms with E-state index in [0.29, 0.717) is 0 Å². The van der Waals surface area contributed by atoms with Crippen molar-refractivity contribution in [2.45, 2.75) is 0 Å². The van der Waals surface area contributed by atoms with Gasteiger partial charge in [-0.2, -0.15) is 0 Å². The van der Waals surface area contributed by atoms with Gasteiger partial charge in [0.25, 0.3) is 0 Å². The van der Waals surface area contributed by atoms with E-state index in [1.165, 1.54) is 15.2 Å². The van der Waals surface area contributed by atoms with E-state index in [9.17, 15) is 5.11 Å². The van der Waals surface area contributed by atoms with Gasteiger partial charge in [-0.1, -0.05) is 0 Å². The summed E-state index contributed by atoms with van der Waals surface area (Å²) in [4.78, 5) is 0. The summed E-state index contributed by atoms with van der Waals surface area (Å²) >= 11 is 0.101. The molecule has 1 radical (unpaired) electrons. The zero-order chi connectivity index (χ0) is 9.10. The van der Waals surface area contributed by atoms with Crippen molar-refractivity contribution in [2.24, 2.45) is 0 Å². The van der Waals surface area contributed by atoms with Crippen LogP contribution in [-0.4, -0.2) is 20.5 Å². The average Bonchev–Trinajstić information content (AvgIpc) is 2.18. The van der Waals surface area contributed by atoms with Crippen molar-refractivity contribution in [1.82, 2.24) is 0 Å². The minimum atomic E-state index is 0.0331. The molecule has 2 rings (SSSR count). The number of hydrogen-bond acceptors (Lipinski definition) is 0. The molecule has 0 aliphatic carbocycles. The molecule has 13 heavy (non-hydrogen) atoms. The first-order valence-corrected chi connectivity index (χ1v) is 6.16. The Labute approximate surface area is 83.6 Å². The van der Waals surface area contributed by atoms with Crippen LogP contribution in [0.2, 0.25) is 0 Å². The first kappa shape index (κ1) is 8.76. The third-order valence-electron chi connectivity index (χ3n) is 1.95. The van der Waals surface area contributed by atoms with Gasteiger partial charge in [-0.05, 0) is 0 Å². The zero-order valence-corrected chi connectivity index (χ0v) is 8.78. The fraction of sp³-hybridized carbons (Fsp3) is 0.0909. The molecular weight excluding hydrogens is 227 g/mol. The fourth-order valence-corrected chi connectivity index (χ4v) is 2.40. The second-order valence-electron chi connectivity index (χ2n) is 2.77. The van der Waals surface area contributed by atoms with E-state index < -0.39 is 0 Å². The SMILES string of the molecule is [O]C[Se]c1ccc2ccccc2c1. The molecule has 0 saturated carbocycles. The molecule has 2 aromatic rings. The normalized spacial score (nSPS) is 10.5. The van der Waals surface area contributed by atoms with E-state index in [-0.39, 0.29) is 20.5 Å². The van der Waals surface area contributed by atoms with Gasteiger partial charge in [-0.15, -0.1) is 0 Å². The molecule has 0 atom stereocenters. The van der Waals surface area contributed by atoms with Crippen LogP contribution in [-0.2, 0) is 5.11 Å². The van der Waals surface area contributed by atoms with Crippen molar-refractivity contribution in [2.75, 3.05) is 5.51 Å². The Morgan fingerprint density at radius 2 is 1.77 bits per heavy atom. The van der Waals surface area contributed by atoms with E-state index in [1.54, 1.807) is 0 Å². The zero-order valence-electron chi connectivity index (χ0n) is 7.07. The van der Waals surface area contributed by atoms with Gasteiger partial charge in [0.15, 0.2) is 0 Å². The van der Waals surface area contributed by atoms with Crippen LogP contribution in [0, 0.1) is 0 Å². The van der Waals surface area contributed by atoms with Crippen molar-refractivity contribution >= 4 is 30.2 Å². The maximum atomic E-state index is 10.5. The monoisotopic (exact) mass is 237 g/mol. The summed E-state index contributed by atoms with van der Waals surface area (Å²) in [6.07, 6.45) is 0. The van der Waals surface area contributed by atoms with E-state index in [2.05, 4.69) is 30.3 Å². The van der Waals surface area contributed by atoms with Gasteiger partial charge in [0.2, 0.25) is 0 Å². The molecule has 0 spiro atoms. The Balaban J connectivity index is 2.49. The van der Waals surface area contributed by atoms with Gasteiger partial charge in [-0.3, -0.25) is 0 Å². The molecule has 0 saturated heterocycles. The summed E-state index contributed by atoms with van der Waals surface area (Å²) in [5.41, 5.74) is 0.0331. The second-order valence-corrected chi connectivity index (χ2v) is 4.86. The van der Waals surface area contributed by atoms with Crippen LogP contribution in [0.5, 0.6) is 0 Å². The Morgan fingerprint density at radius 1 is 1.00 bits per heavy atom. The summed E-state index contributed by atoms with van der Waals surface area (Å²) in [5.74, 6) is 0. The molecule has 0 bridgehead atoms. The van der Waals surface area contributed by atoms with Crippen LogP contribution in [0.1, 0.15) is 0 Å². The van der Waals surface area contributed by atoms with Crippen LogP contribution < -0.4 is 4.46 Å². The molecule has 0 N–H and O–H groups in total. The first-order chi connectivity index (χ1) is 6.40. The summed E-state index contributed by atoms with van der Waals surface area (Å²) in [6.45, 7) is 0. The fourth-order valence-electron chi connectivity index (χ4n) is 1.33. The Hall–Kier alpha value is -0.821. The summed E-state index contributed by atoms with van der Waals surface area (Å²) < 4.78 is 1.20. The van der Waals surface area contributed by atoms with Crippen LogP contribution in [0.15, 0.2) is 42.5 Å². The third-order valence-corrected chi connectivity index (χ3v) is 3.43. The third kappa shape index (κ3) is 1.91. The molecule has 0 aliphatic rings. The summed E-state index contributed by atoms with van der Waals surface area (Å²) in [7, 11) is 0. The topological polar surface area (TPSA) is 19.9 Å². The van der Waals surface area contributed by atoms with Crippen molar-refractivity contribution in [3.05, 3.63) is 42.5 Å². The van der Waals surface area contributed by atoms with Crippen molar-refractivity contribution in [3.63, 3.8) is 0 Å². The Morgan fingerprint density at radius 3 is 2.54 bits per heavy atom. The molecule has 0 heterocycles. The number of hydrogen-bond donors (Lipinski definition) is 0. The Kier molecular flexibility index (Phi) is 2.65. The van der Waals surface area contributed by atoms with Gasteiger partial charge >= 0.3 is 83.3 Å². The second kappa shape index (κ2) is 3.93. The number of fused-ring (bicyclic) bond motifs is 1. The predicted molar refractivity (Wildman–Crippen MR) is 54.9 cm³/mol. The number of rotatable bonds is 2. The van der Waals surface area contributed by atoms with Crippen molar-refractivity contribution in [3.8, 4) is 0 Å². The van der Waals surface area contributed by atoms with Crippen molar-refractivity contribution < 1.29 is 5.11 Å². The standard InChI is InChI=1S/C11H9OSe/c12-8-13-11-6-5-9-3-1-2-4-10(9)7-11/h1-7H,8H2. The predicted octanol–water partition coefficient (Wildman–Crippen LogP) is 1.56. The van der Waals surface area contributed by atoms with Gasteiger partial charge in [0, 0.05) is 0 Å². The molecule has 0 amide bonds. The molecule has 2 aromatic carbocycles. The van der Waals surface area contributed by atoms with E-state index >= 15 is 0 Å². The van der Waals surface area contributed by atoms with Crippen LogP contribution >= 0.6 is 0 Å². The molecule has 0 unspecified atom stereocenters. The summed E-state index contributed by atoms with van der Waals surface area (Å²) in [6, 6.07) is 14.5.